The van der Waals surface area contributed by atoms with Crippen molar-refractivity contribution in [1.29, 1.82) is 0 Å². The van der Waals surface area contributed by atoms with E-state index < -0.39 is 0 Å². The Morgan fingerprint density at radius 2 is 2.44 bits per heavy atom. The second-order valence-corrected chi connectivity index (χ2v) is 4.85. The zero-order valence-electron chi connectivity index (χ0n) is 11.1. The van der Waals surface area contributed by atoms with Crippen LogP contribution in [-0.4, -0.2) is 40.3 Å². The van der Waals surface area contributed by atoms with Crippen LogP contribution >= 0.6 is 0 Å². The summed E-state index contributed by atoms with van der Waals surface area (Å²) in [6.45, 7) is 5.04. The van der Waals surface area contributed by atoms with Crippen LogP contribution in [0.25, 0.3) is 0 Å². The van der Waals surface area contributed by atoms with Crippen LogP contribution < -0.4 is 0 Å². The highest BCUT2D eigenvalue weighted by atomic mass is 16.5. The summed E-state index contributed by atoms with van der Waals surface area (Å²) in [5.74, 6) is -0.0104. The molecule has 1 fully saturated rings. The minimum atomic E-state index is -0.0478. The van der Waals surface area contributed by atoms with Crippen molar-refractivity contribution in [3.8, 4) is 0 Å². The molecule has 1 aromatic heterocycles. The minimum Gasteiger partial charge on any atom is -0.466 e. The van der Waals surface area contributed by atoms with E-state index >= 15 is 0 Å². The number of carbonyl (C=O) groups excluding carboxylic acids is 1. The molecule has 0 N–H and O–H groups in total. The number of aryl methyl sites for hydroxylation is 1. The summed E-state index contributed by atoms with van der Waals surface area (Å²) in [6.07, 6.45) is 5.91. The maximum Gasteiger partial charge on any atom is 0.310 e. The molecule has 0 amide bonds. The molecule has 2 rings (SSSR count). The second kappa shape index (κ2) is 6.00. The van der Waals surface area contributed by atoms with Gasteiger partial charge >= 0.3 is 5.97 Å². The van der Waals surface area contributed by atoms with E-state index in [1.54, 1.807) is 0 Å². The van der Waals surface area contributed by atoms with Gasteiger partial charge in [-0.2, -0.15) is 5.10 Å². The van der Waals surface area contributed by atoms with E-state index in [4.69, 9.17) is 4.74 Å². The average Bonchev–Trinajstić information content (AvgIpc) is 2.75. The molecule has 0 aliphatic carbocycles. The molecule has 0 saturated carbocycles. The van der Waals surface area contributed by atoms with Crippen LogP contribution in [0.3, 0.4) is 0 Å². The van der Waals surface area contributed by atoms with Crippen molar-refractivity contribution in [1.82, 2.24) is 14.7 Å². The number of ether oxygens (including phenoxy) is 1. The number of likely N-dealkylation sites (tertiary alicyclic amines) is 1. The summed E-state index contributed by atoms with van der Waals surface area (Å²) in [5.41, 5.74) is 1.20. The van der Waals surface area contributed by atoms with Crippen molar-refractivity contribution < 1.29 is 9.53 Å². The first-order valence-electron chi connectivity index (χ1n) is 6.55. The van der Waals surface area contributed by atoms with E-state index in [2.05, 4.69) is 10.00 Å². The molecule has 1 saturated heterocycles. The lowest BCUT2D eigenvalue weighted by molar-refractivity contribution is -0.150. The summed E-state index contributed by atoms with van der Waals surface area (Å²) in [4.78, 5) is 14.0. The number of carbonyl (C=O) groups is 1. The van der Waals surface area contributed by atoms with Gasteiger partial charge in [0.05, 0.1) is 18.7 Å². The summed E-state index contributed by atoms with van der Waals surface area (Å²) in [7, 11) is 1.92. The largest absolute Gasteiger partial charge is 0.466 e. The SMILES string of the molecule is CCOC(=O)[C@H]1CCCN(Cc2cnn(C)c2)C1. The highest BCUT2D eigenvalue weighted by molar-refractivity contribution is 5.72. The fraction of sp³-hybridized carbons (Fsp3) is 0.692. The Balaban J connectivity index is 1.88. The molecule has 5 heteroatoms. The van der Waals surface area contributed by atoms with E-state index in [0.29, 0.717) is 6.61 Å². The van der Waals surface area contributed by atoms with Gasteiger partial charge in [0.2, 0.25) is 0 Å². The number of nitrogens with zero attached hydrogens (tertiary/aromatic N) is 3. The Labute approximate surface area is 108 Å². The molecule has 1 aromatic rings. The quantitative estimate of drug-likeness (QED) is 0.754. The predicted molar refractivity (Wildman–Crippen MR) is 67.8 cm³/mol. The number of rotatable bonds is 4. The first-order chi connectivity index (χ1) is 8.69. The molecule has 100 valence electrons. The average molecular weight is 251 g/mol. The van der Waals surface area contributed by atoms with E-state index in [1.807, 2.05) is 31.0 Å². The van der Waals surface area contributed by atoms with Crippen molar-refractivity contribution >= 4 is 5.97 Å². The topological polar surface area (TPSA) is 47.4 Å². The third-order valence-corrected chi connectivity index (χ3v) is 3.29. The van der Waals surface area contributed by atoms with Crippen LogP contribution in [0.1, 0.15) is 25.3 Å². The van der Waals surface area contributed by atoms with Crippen LogP contribution in [0.15, 0.2) is 12.4 Å². The molecule has 0 bridgehead atoms. The lowest BCUT2D eigenvalue weighted by Crippen LogP contribution is -2.38. The molecule has 0 unspecified atom stereocenters. The number of esters is 1. The molecule has 1 atom stereocenters. The normalized spacial score (nSPS) is 20.9. The zero-order chi connectivity index (χ0) is 13.0. The molecule has 0 spiro atoms. The number of hydrogen-bond donors (Lipinski definition) is 0. The third kappa shape index (κ3) is 3.32. The molecule has 5 nitrogen and oxygen atoms in total. The Morgan fingerprint density at radius 3 is 3.11 bits per heavy atom. The summed E-state index contributed by atoms with van der Waals surface area (Å²) < 4.78 is 6.91. The highest BCUT2D eigenvalue weighted by Crippen LogP contribution is 2.19. The van der Waals surface area contributed by atoms with Crippen LogP contribution in [-0.2, 0) is 23.1 Å². The van der Waals surface area contributed by atoms with Gasteiger partial charge in [0.25, 0.3) is 0 Å². The molecule has 2 heterocycles. The first kappa shape index (κ1) is 13.1. The standard InChI is InChI=1S/C13H21N3O2/c1-3-18-13(17)12-5-4-6-16(10-12)9-11-7-14-15(2)8-11/h7-8,12H,3-6,9-10H2,1-2H3/t12-/m0/s1. The number of piperidine rings is 1. The lowest BCUT2D eigenvalue weighted by atomic mass is 9.98. The van der Waals surface area contributed by atoms with Crippen LogP contribution in [0.5, 0.6) is 0 Å². The molecule has 1 aliphatic rings. The van der Waals surface area contributed by atoms with E-state index in [9.17, 15) is 4.79 Å². The van der Waals surface area contributed by atoms with Gasteiger partial charge in [-0.3, -0.25) is 14.4 Å². The van der Waals surface area contributed by atoms with Crippen LogP contribution in [0.2, 0.25) is 0 Å². The molecular formula is C13H21N3O2. The molecule has 18 heavy (non-hydrogen) atoms. The van der Waals surface area contributed by atoms with Crippen molar-refractivity contribution in [3.05, 3.63) is 18.0 Å². The molecule has 0 aromatic carbocycles. The fourth-order valence-corrected chi connectivity index (χ4v) is 2.46. The summed E-state index contributed by atoms with van der Waals surface area (Å²) in [6, 6.07) is 0. The maximum absolute atomic E-state index is 11.7. The van der Waals surface area contributed by atoms with Gasteiger partial charge in [0.1, 0.15) is 0 Å². The molecule has 1 aliphatic heterocycles. The predicted octanol–water partition coefficient (Wildman–Crippen LogP) is 1.20. The summed E-state index contributed by atoms with van der Waals surface area (Å²) >= 11 is 0. The van der Waals surface area contributed by atoms with Crippen LogP contribution in [0.4, 0.5) is 0 Å². The Bertz CT molecular complexity index is 403. The molecule has 0 radical (unpaired) electrons. The van der Waals surface area contributed by atoms with Gasteiger partial charge in [-0.05, 0) is 26.3 Å². The monoisotopic (exact) mass is 251 g/mol. The Hall–Kier alpha value is -1.36. The van der Waals surface area contributed by atoms with Crippen molar-refractivity contribution in [3.63, 3.8) is 0 Å². The van der Waals surface area contributed by atoms with Gasteiger partial charge in [0, 0.05) is 31.9 Å². The lowest BCUT2D eigenvalue weighted by Gasteiger charge is -2.31. The van der Waals surface area contributed by atoms with Gasteiger partial charge < -0.3 is 4.74 Å². The van der Waals surface area contributed by atoms with E-state index in [1.165, 1.54) is 5.56 Å². The Morgan fingerprint density at radius 1 is 1.61 bits per heavy atom. The second-order valence-electron chi connectivity index (χ2n) is 4.85. The van der Waals surface area contributed by atoms with Crippen molar-refractivity contribution in [2.75, 3.05) is 19.7 Å². The van der Waals surface area contributed by atoms with Gasteiger partial charge in [-0.25, -0.2) is 0 Å². The number of hydrogen-bond acceptors (Lipinski definition) is 4. The number of aromatic nitrogens is 2. The van der Waals surface area contributed by atoms with E-state index in [-0.39, 0.29) is 11.9 Å². The van der Waals surface area contributed by atoms with Crippen molar-refractivity contribution in [2.24, 2.45) is 13.0 Å². The zero-order valence-corrected chi connectivity index (χ0v) is 11.1. The van der Waals surface area contributed by atoms with Gasteiger partial charge in [0.15, 0.2) is 0 Å². The van der Waals surface area contributed by atoms with Crippen LogP contribution in [0, 0.1) is 5.92 Å². The summed E-state index contributed by atoms with van der Waals surface area (Å²) in [5, 5.41) is 4.16. The van der Waals surface area contributed by atoms with E-state index in [0.717, 1.165) is 32.5 Å². The van der Waals surface area contributed by atoms with Gasteiger partial charge in [-0.1, -0.05) is 0 Å². The molecular weight excluding hydrogens is 230 g/mol. The maximum atomic E-state index is 11.7. The van der Waals surface area contributed by atoms with Crippen molar-refractivity contribution in [2.45, 2.75) is 26.3 Å². The fourth-order valence-electron chi connectivity index (χ4n) is 2.46. The first-order valence-corrected chi connectivity index (χ1v) is 6.55. The third-order valence-electron chi connectivity index (χ3n) is 3.29. The minimum absolute atomic E-state index is 0.0374. The smallest absolute Gasteiger partial charge is 0.310 e. The highest BCUT2D eigenvalue weighted by Gasteiger charge is 2.26. The van der Waals surface area contributed by atoms with Gasteiger partial charge in [-0.15, -0.1) is 0 Å². The Kier molecular flexibility index (Phi) is 4.36.